The SMILES string of the molecule is O=C(c1ccccc1)c1cc(Nc2ccc([N+](=O)[O-])cc2)c2c(c1Nc1ccc([N+](=O)[O-])cc1)C(=O)c1ccccc1C2=O. The first-order chi connectivity index (χ1) is 21.2. The van der Waals surface area contributed by atoms with Crippen LogP contribution in [0, 0.1) is 20.2 Å². The molecule has 1 aliphatic rings. The van der Waals surface area contributed by atoms with Gasteiger partial charge < -0.3 is 10.6 Å². The molecule has 0 radical (unpaired) electrons. The second kappa shape index (κ2) is 11.1. The highest BCUT2D eigenvalue weighted by molar-refractivity contribution is 6.33. The lowest BCUT2D eigenvalue weighted by Gasteiger charge is -2.26. The predicted octanol–water partition coefficient (Wildman–Crippen LogP) is 7.00. The minimum absolute atomic E-state index is 0.000996. The molecule has 0 aromatic heterocycles. The lowest BCUT2D eigenvalue weighted by Crippen LogP contribution is -2.25. The van der Waals surface area contributed by atoms with Crippen molar-refractivity contribution in [2.24, 2.45) is 0 Å². The van der Waals surface area contributed by atoms with Crippen LogP contribution in [-0.2, 0) is 0 Å². The number of nitrogens with zero attached hydrogens (tertiary/aromatic N) is 2. The predicted molar refractivity (Wildman–Crippen MR) is 162 cm³/mol. The molecule has 0 amide bonds. The first-order valence-electron chi connectivity index (χ1n) is 13.2. The quantitative estimate of drug-likeness (QED) is 0.109. The Labute approximate surface area is 249 Å². The molecular weight excluding hydrogens is 564 g/mol. The van der Waals surface area contributed by atoms with Gasteiger partial charge in [-0.2, -0.15) is 0 Å². The highest BCUT2D eigenvalue weighted by Crippen LogP contribution is 2.42. The summed E-state index contributed by atoms with van der Waals surface area (Å²) in [5, 5.41) is 28.6. The maximum atomic E-state index is 14.1. The van der Waals surface area contributed by atoms with Gasteiger partial charge in [0.1, 0.15) is 0 Å². The molecule has 0 bridgehead atoms. The Morgan fingerprint density at radius 2 is 1.07 bits per heavy atom. The van der Waals surface area contributed by atoms with E-state index in [2.05, 4.69) is 10.6 Å². The fraction of sp³-hybridized carbons (Fsp3) is 0. The summed E-state index contributed by atoms with van der Waals surface area (Å²) >= 11 is 0. The first-order valence-corrected chi connectivity index (χ1v) is 13.2. The molecule has 214 valence electrons. The molecule has 11 nitrogen and oxygen atoms in total. The normalized spacial score (nSPS) is 11.7. The number of hydrogen-bond acceptors (Lipinski definition) is 9. The van der Waals surface area contributed by atoms with Gasteiger partial charge in [0.15, 0.2) is 17.3 Å². The number of non-ortho nitro benzene ring substituents is 2. The molecule has 0 unspecified atom stereocenters. The number of benzene rings is 5. The van der Waals surface area contributed by atoms with Gasteiger partial charge in [0.2, 0.25) is 0 Å². The van der Waals surface area contributed by atoms with Crippen molar-refractivity contribution < 1.29 is 24.2 Å². The minimum atomic E-state index is -0.548. The molecule has 0 atom stereocenters. The molecule has 2 N–H and O–H groups in total. The summed E-state index contributed by atoms with van der Waals surface area (Å²) in [6, 6.07) is 27.1. The Bertz CT molecular complexity index is 2010. The van der Waals surface area contributed by atoms with E-state index in [1.807, 2.05) is 0 Å². The van der Waals surface area contributed by atoms with Crippen LogP contribution in [0.4, 0.5) is 34.1 Å². The fourth-order valence-electron chi connectivity index (χ4n) is 5.08. The zero-order valence-electron chi connectivity index (χ0n) is 22.6. The second-order valence-electron chi connectivity index (χ2n) is 9.85. The average Bonchev–Trinajstić information content (AvgIpc) is 3.04. The zero-order chi connectivity index (χ0) is 31.0. The van der Waals surface area contributed by atoms with Crippen LogP contribution in [0.25, 0.3) is 0 Å². The highest BCUT2D eigenvalue weighted by atomic mass is 16.6. The van der Waals surface area contributed by atoms with Crippen molar-refractivity contribution in [3.63, 3.8) is 0 Å². The standard InChI is InChI=1S/C33H20N4O7/c38-31(19-6-2-1-3-7-19)26-18-27(34-20-10-14-22(15-11-20)36(41)42)28-29(33(40)25-9-5-4-8-24(25)32(28)39)30(26)35-21-12-16-23(17-13-21)37(43)44/h1-18,34-35H. The summed E-state index contributed by atoms with van der Waals surface area (Å²) in [5.41, 5.74) is 1.29. The highest BCUT2D eigenvalue weighted by Gasteiger charge is 2.36. The van der Waals surface area contributed by atoms with E-state index in [-0.39, 0.29) is 50.6 Å². The smallest absolute Gasteiger partial charge is 0.269 e. The number of hydrogen-bond donors (Lipinski definition) is 2. The maximum absolute atomic E-state index is 14.1. The van der Waals surface area contributed by atoms with Crippen molar-refractivity contribution in [1.29, 1.82) is 0 Å². The van der Waals surface area contributed by atoms with Gasteiger partial charge in [-0.15, -0.1) is 0 Å². The molecule has 11 heteroatoms. The van der Waals surface area contributed by atoms with Crippen LogP contribution in [-0.4, -0.2) is 27.2 Å². The zero-order valence-corrected chi connectivity index (χ0v) is 22.6. The van der Waals surface area contributed by atoms with Crippen LogP contribution < -0.4 is 10.6 Å². The van der Waals surface area contributed by atoms with E-state index in [1.165, 1.54) is 60.7 Å². The van der Waals surface area contributed by atoms with Crippen molar-refractivity contribution in [2.45, 2.75) is 0 Å². The average molecular weight is 585 g/mol. The van der Waals surface area contributed by atoms with E-state index in [0.29, 0.717) is 16.9 Å². The van der Waals surface area contributed by atoms with Crippen LogP contribution in [0.2, 0.25) is 0 Å². The third kappa shape index (κ3) is 4.94. The minimum Gasteiger partial charge on any atom is -0.355 e. The lowest BCUT2D eigenvalue weighted by atomic mass is 9.80. The molecular formula is C33H20N4O7. The Balaban J connectivity index is 1.60. The Morgan fingerprint density at radius 1 is 0.591 bits per heavy atom. The van der Waals surface area contributed by atoms with Gasteiger partial charge in [0, 0.05) is 57.9 Å². The number of ketones is 3. The van der Waals surface area contributed by atoms with Gasteiger partial charge in [-0.1, -0.05) is 54.6 Å². The molecule has 44 heavy (non-hydrogen) atoms. The van der Waals surface area contributed by atoms with E-state index in [9.17, 15) is 34.6 Å². The Hall–Kier alpha value is -6.49. The molecule has 5 aromatic carbocycles. The number of carbonyl (C=O) groups excluding carboxylic acids is 3. The van der Waals surface area contributed by atoms with Crippen molar-refractivity contribution in [1.82, 2.24) is 0 Å². The van der Waals surface area contributed by atoms with Gasteiger partial charge in [-0.05, 0) is 30.3 Å². The van der Waals surface area contributed by atoms with Crippen LogP contribution in [0.15, 0.2) is 109 Å². The number of nitrogens with one attached hydrogen (secondary N) is 2. The molecule has 5 aromatic rings. The Kier molecular flexibility index (Phi) is 6.96. The Morgan fingerprint density at radius 3 is 1.59 bits per heavy atom. The van der Waals surface area contributed by atoms with E-state index in [4.69, 9.17) is 0 Å². The third-order valence-corrected chi connectivity index (χ3v) is 7.18. The van der Waals surface area contributed by atoms with Crippen LogP contribution in [0.1, 0.15) is 47.8 Å². The summed E-state index contributed by atoms with van der Waals surface area (Å²) in [6.07, 6.45) is 0. The molecule has 0 saturated heterocycles. The maximum Gasteiger partial charge on any atom is 0.269 e. The number of nitro groups is 2. The van der Waals surface area contributed by atoms with Gasteiger partial charge in [0.25, 0.3) is 11.4 Å². The summed E-state index contributed by atoms with van der Waals surface area (Å²) < 4.78 is 0. The number of nitro benzene ring substituents is 2. The molecule has 6 rings (SSSR count). The second-order valence-corrected chi connectivity index (χ2v) is 9.85. The number of anilines is 4. The summed E-state index contributed by atoms with van der Waals surface area (Å²) in [4.78, 5) is 63.5. The molecule has 0 spiro atoms. The van der Waals surface area contributed by atoms with Gasteiger partial charge in [-0.25, -0.2) is 0 Å². The van der Waals surface area contributed by atoms with Gasteiger partial charge in [-0.3, -0.25) is 34.6 Å². The lowest BCUT2D eigenvalue weighted by molar-refractivity contribution is -0.385. The monoisotopic (exact) mass is 584 g/mol. The summed E-state index contributed by atoms with van der Waals surface area (Å²) in [5.74, 6) is -1.43. The number of fused-ring (bicyclic) bond motifs is 2. The number of carbonyl (C=O) groups is 3. The van der Waals surface area contributed by atoms with E-state index in [0.717, 1.165) is 0 Å². The largest absolute Gasteiger partial charge is 0.355 e. The molecule has 0 fully saturated rings. The van der Waals surface area contributed by atoms with Crippen LogP contribution in [0.3, 0.4) is 0 Å². The summed E-state index contributed by atoms with van der Waals surface area (Å²) in [6.45, 7) is 0. The number of rotatable bonds is 8. The van der Waals surface area contributed by atoms with Gasteiger partial charge in [0.05, 0.1) is 32.3 Å². The van der Waals surface area contributed by atoms with Crippen LogP contribution >= 0.6 is 0 Å². The first kappa shape index (κ1) is 27.7. The van der Waals surface area contributed by atoms with Crippen molar-refractivity contribution in [3.05, 3.63) is 163 Å². The van der Waals surface area contributed by atoms with Crippen molar-refractivity contribution in [2.75, 3.05) is 10.6 Å². The van der Waals surface area contributed by atoms with Crippen molar-refractivity contribution >= 4 is 51.5 Å². The molecule has 1 aliphatic carbocycles. The van der Waals surface area contributed by atoms with Gasteiger partial charge >= 0.3 is 0 Å². The van der Waals surface area contributed by atoms with Crippen LogP contribution in [0.5, 0.6) is 0 Å². The fourth-order valence-corrected chi connectivity index (χ4v) is 5.08. The van der Waals surface area contributed by atoms with E-state index < -0.39 is 27.2 Å². The molecule has 0 aliphatic heterocycles. The topological polar surface area (TPSA) is 162 Å². The van der Waals surface area contributed by atoms with E-state index in [1.54, 1.807) is 48.5 Å². The van der Waals surface area contributed by atoms with E-state index >= 15 is 0 Å². The summed E-state index contributed by atoms with van der Waals surface area (Å²) in [7, 11) is 0. The molecule has 0 saturated carbocycles. The van der Waals surface area contributed by atoms with Crippen molar-refractivity contribution in [3.8, 4) is 0 Å². The molecule has 0 heterocycles. The third-order valence-electron chi connectivity index (χ3n) is 7.18.